The molecule has 28 heavy (non-hydrogen) atoms. The molecule has 1 N–H and O–H groups in total. The Morgan fingerprint density at radius 1 is 1.04 bits per heavy atom. The van der Waals surface area contributed by atoms with E-state index in [-0.39, 0.29) is 5.97 Å². The van der Waals surface area contributed by atoms with Crippen LogP contribution in [0.2, 0.25) is 5.15 Å². The fourth-order valence-electron chi connectivity index (χ4n) is 4.02. The zero-order chi connectivity index (χ0) is 19.3. The highest BCUT2D eigenvalue weighted by Gasteiger charge is 2.23. The van der Waals surface area contributed by atoms with Crippen LogP contribution in [0, 0.1) is 0 Å². The summed E-state index contributed by atoms with van der Waals surface area (Å²) < 4.78 is 7.45. The van der Waals surface area contributed by atoms with Crippen molar-refractivity contribution in [2.75, 3.05) is 13.2 Å². The number of nitrogens with zero attached hydrogens (tertiary/aromatic N) is 1. The summed E-state index contributed by atoms with van der Waals surface area (Å²) >= 11 is 6.66. The first kappa shape index (κ1) is 19.0. The fraction of sp³-hybridized carbons (Fsp3) is 0.348. The van der Waals surface area contributed by atoms with Crippen molar-refractivity contribution in [3.8, 4) is 5.69 Å². The Hall–Kier alpha value is -2.30. The van der Waals surface area contributed by atoms with Crippen LogP contribution in [0.25, 0.3) is 16.6 Å². The molecule has 0 bridgehead atoms. The van der Waals surface area contributed by atoms with Gasteiger partial charge in [0.15, 0.2) is 0 Å². The number of benzene rings is 2. The molecular formula is C23H25ClN2O2. The Kier molecular flexibility index (Phi) is 5.98. The van der Waals surface area contributed by atoms with Gasteiger partial charge in [-0.15, -0.1) is 0 Å². The summed E-state index contributed by atoms with van der Waals surface area (Å²) in [6.45, 7) is 1.02. The van der Waals surface area contributed by atoms with Gasteiger partial charge >= 0.3 is 5.97 Å². The van der Waals surface area contributed by atoms with Crippen molar-refractivity contribution in [1.82, 2.24) is 9.88 Å². The lowest BCUT2D eigenvalue weighted by Gasteiger charge is -2.22. The maximum atomic E-state index is 12.8. The van der Waals surface area contributed by atoms with Gasteiger partial charge in [0.2, 0.25) is 0 Å². The van der Waals surface area contributed by atoms with E-state index >= 15 is 0 Å². The SMILES string of the molecule is O=C(OCCNC1CCCCC1)c1c(Cl)n(-c2ccccc2)c2ccccc12. The summed E-state index contributed by atoms with van der Waals surface area (Å²) in [6, 6.07) is 18.1. The topological polar surface area (TPSA) is 43.3 Å². The number of aromatic nitrogens is 1. The summed E-state index contributed by atoms with van der Waals surface area (Å²) in [7, 11) is 0. The molecule has 1 saturated carbocycles. The number of hydrogen-bond donors (Lipinski definition) is 1. The van der Waals surface area contributed by atoms with E-state index in [1.807, 2.05) is 59.2 Å². The minimum atomic E-state index is -0.374. The molecule has 0 aliphatic heterocycles. The number of carbonyl (C=O) groups excluding carboxylic acids is 1. The summed E-state index contributed by atoms with van der Waals surface area (Å²) in [5.41, 5.74) is 2.24. The third kappa shape index (κ3) is 3.94. The van der Waals surface area contributed by atoms with E-state index in [9.17, 15) is 4.79 Å². The smallest absolute Gasteiger partial charge is 0.341 e. The predicted octanol–water partition coefficient (Wildman–Crippen LogP) is 5.36. The Morgan fingerprint density at radius 3 is 2.54 bits per heavy atom. The van der Waals surface area contributed by atoms with Gasteiger partial charge in [-0.2, -0.15) is 0 Å². The van der Waals surface area contributed by atoms with Crippen LogP contribution in [-0.4, -0.2) is 29.7 Å². The molecule has 1 aromatic heterocycles. The second-order valence-electron chi connectivity index (χ2n) is 7.28. The molecule has 2 aromatic carbocycles. The lowest BCUT2D eigenvalue weighted by Crippen LogP contribution is -2.33. The minimum absolute atomic E-state index is 0.344. The molecule has 5 heteroatoms. The molecule has 3 aromatic rings. The molecule has 0 amide bonds. The first-order valence-corrected chi connectivity index (χ1v) is 10.4. The third-order valence-electron chi connectivity index (χ3n) is 5.41. The van der Waals surface area contributed by atoms with E-state index in [0.29, 0.717) is 29.9 Å². The Morgan fingerprint density at radius 2 is 1.75 bits per heavy atom. The first-order valence-electron chi connectivity index (χ1n) is 10.0. The molecule has 1 heterocycles. The lowest BCUT2D eigenvalue weighted by atomic mass is 9.96. The molecule has 0 radical (unpaired) electrons. The van der Waals surface area contributed by atoms with Gasteiger partial charge in [0.25, 0.3) is 0 Å². The van der Waals surface area contributed by atoms with Crippen LogP contribution in [0.3, 0.4) is 0 Å². The summed E-state index contributed by atoms with van der Waals surface area (Å²) in [5.74, 6) is -0.374. The molecule has 4 rings (SSSR count). The van der Waals surface area contributed by atoms with E-state index in [1.165, 1.54) is 32.1 Å². The van der Waals surface area contributed by atoms with Crippen molar-refractivity contribution in [3.63, 3.8) is 0 Å². The largest absolute Gasteiger partial charge is 0.461 e. The number of esters is 1. The van der Waals surface area contributed by atoms with E-state index in [1.54, 1.807) is 0 Å². The number of halogens is 1. The van der Waals surface area contributed by atoms with Gasteiger partial charge in [0.05, 0.1) is 5.52 Å². The van der Waals surface area contributed by atoms with Crippen molar-refractivity contribution in [3.05, 3.63) is 65.3 Å². The second kappa shape index (κ2) is 8.80. The van der Waals surface area contributed by atoms with Gasteiger partial charge in [-0.3, -0.25) is 4.57 Å². The molecule has 0 atom stereocenters. The quantitative estimate of drug-likeness (QED) is 0.450. The monoisotopic (exact) mass is 396 g/mol. The number of rotatable bonds is 6. The number of para-hydroxylation sites is 2. The van der Waals surface area contributed by atoms with Gasteiger partial charge in [0, 0.05) is 23.7 Å². The normalized spacial score (nSPS) is 15.0. The van der Waals surface area contributed by atoms with Crippen LogP contribution in [0.15, 0.2) is 54.6 Å². The van der Waals surface area contributed by atoms with Crippen LogP contribution >= 0.6 is 11.6 Å². The zero-order valence-corrected chi connectivity index (χ0v) is 16.6. The maximum absolute atomic E-state index is 12.8. The predicted molar refractivity (Wildman–Crippen MR) is 113 cm³/mol. The Balaban J connectivity index is 1.51. The van der Waals surface area contributed by atoms with E-state index < -0.39 is 0 Å². The molecule has 0 spiro atoms. The molecule has 146 valence electrons. The molecule has 1 fully saturated rings. The second-order valence-corrected chi connectivity index (χ2v) is 7.64. The first-order chi connectivity index (χ1) is 13.8. The van der Waals surface area contributed by atoms with Crippen molar-refractivity contribution >= 4 is 28.5 Å². The Bertz CT molecular complexity index is 946. The molecule has 1 aliphatic carbocycles. The van der Waals surface area contributed by atoms with Crippen molar-refractivity contribution < 1.29 is 9.53 Å². The number of hydrogen-bond acceptors (Lipinski definition) is 3. The summed E-state index contributed by atoms with van der Waals surface area (Å²) in [6.07, 6.45) is 6.32. The van der Waals surface area contributed by atoms with Crippen LogP contribution < -0.4 is 5.32 Å². The number of nitrogens with one attached hydrogen (secondary N) is 1. The third-order valence-corrected chi connectivity index (χ3v) is 5.77. The summed E-state index contributed by atoms with van der Waals surface area (Å²) in [5, 5.41) is 4.69. The molecule has 4 nitrogen and oxygen atoms in total. The number of carbonyl (C=O) groups is 1. The van der Waals surface area contributed by atoms with Gasteiger partial charge in [-0.25, -0.2) is 4.79 Å². The highest BCUT2D eigenvalue weighted by atomic mass is 35.5. The zero-order valence-electron chi connectivity index (χ0n) is 15.9. The molecule has 1 aliphatic rings. The molecule has 0 unspecified atom stereocenters. The minimum Gasteiger partial charge on any atom is -0.461 e. The standard InChI is InChI=1S/C23H25ClN2O2/c24-22-21(23(27)28-16-15-25-17-9-3-1-4-10-17)19-13-7-8-14-20(19)26(22)18-11-5-2-6-12-18/h2,5-8,11-14,17,25H,1,3-4,9-10,15-16H2. The van der Waals surface area contributed by atoms with E-state index in [2.05, 4.69) is 5.32 Å². The maximum Gasteiger partial charge on any atom is 0.341 e. The highest BCUT2D eigenvalue weighted by molar-refractivity contribution is 6.35. The van der Waals surface area contributed by atoms with Crippen LogP contribution in [0.5, 0.6) is 0 Å². The molecule has 0 saturated heterocycles. The average molecular weight is 397 g/mol. The van der Waals surface area contributed by atoms with E-state index in [0.717, 1.165) is 16.6 Å². The van der Waals surface area contributed by atoms with Crippen molar-refractivity contribution in [2.45, 2.75) is 38.1 Å². The van der Waals surface area contributed by atoms with Crippen LogP contribution in [0.4, 0.5) is 0 Å². The number of ether oxygens (including phenoxy) is 1. The van der Waals surface area contributed by atoms with Crippen molar-refractivity contribution in [2.24, 2.45) is 0 Å². The number of fused-ring (bicyclic) bond motifs is 1. The fourth-order valence-corrected chi connectivity index (χ4v) is 4.39. The Labute approximate surface area is 170 Å². The van der Waals surface area contributed by atoms with Gasteiger partial charge in [0.1, 0.15) is 17.3 Å². The van der Waals surface area contributed by atoms with Crippen molar-refractivity contribution in [1.29, 1.82) is 0 Å². The highest BCUT2D eigenvalue weighted by Crippen LogP contribution is 2.33. The summed E-state index contributed by atoms with van der Waals surface area (Å²) in [4.78, 5) is 12.8. The molecular weight excluding hydrogens is 372 g/mol. The van der Waals surface area contributed by atoms with E-state index in [4.69, 9.17) is 16.3 Å². The van der Waals surface area contributed by atoms with Gasteiger partial charge < -0.3 is 10.1 Å². The van der Waals surface area contributed by atoms with Gasteiger partial charge in [-0.05, 0) is 31.0 Å². The van der Waals surface area contributed by atoms with Crippen LogP contribution in [0.1, 0.15) is 42.5 Å². The average Bonchev–Trinajstić information content (AvgIpc) is 3.04. The lowest BCUT2D eigenvalue weighted by molar-refractivity contribution is 0.0506. The van der Waals surface area contributed by atoms with Crippen LogP contribution in [-0.2, 0) is 4.74 Å². The van der Waals surface area contributed by atoms with Gasteiger partial charge in [-0.1, -0.05) is 67.3 Å².